The largest absolute Gasteiger partial charge is 0.244 e. The van der Waals surface area contributed by atoms with E-state index in [0.717, 1.165) is 0 Å². The summed E-state index contributed by atoms with van der Waals surface area (Å²) in [6.45, 7) is 0. The Morgan fingerprint density at radius 1 is 1.54 bits per heavy atom. The lowest BCUT2D eigenvalue weighted by Gasteiger charge is -2.02. The number of pyridine rings is 1. The Morgan fingerprint density at radius 3 is 2.77 bits per heavy atom. The minimum atomic E-state index is -3.33. The summed E-state index contributed by atoms with van der Waals surface area (Å²) >= 11 is 8.48. The quantitative estimate of drug-likeness (QED) is 0.796. The molecular weight excluding hydrogens is 278 g/mol. The summed E-state index contributed by atoms with van der Waals surface area (Å²) in [5, 5.41) is 0.0515. The standard InChI is InChI=1S/C7H7BrClNO2S/c8-6-2-1-4-10-7(6)13(11,12)5-3-9/h1-2,4H,3,5H2. The molecule has 0 aliphatic heterocycles. The summed E-state index contributed by atoms with van der Waals surface area (Å²) in [4.78, 5) is 3.78. The Kier molecular flexibility index (Phi) is 3.70. The van der Waals surface area contributed by atoms with Crippen LogP contribution in [-0.2, 0) is 9.84 Å². The number of alkyl halides is 1. The van der Waals surface area contributed by atoms with Gasteiger partial charge in [0.05, 0.1) is 10.2 Å². The van der Waals surface area contributed by atoms with Crippen LogP contribution in [0.5, 0.6) is 0 Å². The van der Waals surface area contributed by atoms with Crippen molar-refractivity contribution < 1.29 is 8.42 Å². The van der Waals surface area contributed by atoms with Crippen molar-refractivity contribution >= 4 is 37.4 Å². The van der Waals surface area contributed by atoms with E-state index in [1.54, 1.807) is 12.1 Å². The molecule has 1 rings (SSSR count). The highest BCUT2D eigenvalue weighted by atomic mass is 79.9. The lowest BCUT2D eigenvalue weighted by atomic mass is 10.5. The number of hydrogen-bond donors (Lipinski definition) is 0. The fourth-order valence-corrected chi connectivity index (χ4v) is 3.39. The van der Waals surface area contributed by atoms with E-state index in [1.807, 2.05) is 0 Å². The van der Waals surface area contributed by atoms with Crippen molar-refractivity contribution in [3.05, 3.63) is 22.8 Å². The Balaban J connectivity index is 3.15. The third-order valence-electron chi connectivity index (χ3n) is 1.37. The molecule has 0 saturated heterocycles. The van der Waals surface area contributed by atoms with Crippen LogP contribution in [0.1, 0.15) is 0 Å². The van der Waals surface area contributed by atoms with Crippen molar-refractivity contribution in [3.8, 4) is 0 Å². The highest BCUT2D eigenvalue weighted by Gasteiger charge is 2.17. The van der Waals surface area contributed by atoms with Crippen molar-refractivity contribution in [2.45, 2.75) is 5.03 Å². The third-order valence-corrected chi connectivity index (χ3v) is 4.34. The first-order chi connectivity index (χ1) is 6.08. The zero-order chi connectivity index (χ0) is 9.90. The van der Waals surface area contributed by atoms with Crippen LogP contribution in [0.2, 0.25) is 0 Å². The smallest absolute Gasteiger partial charge is 0.197 e. The average molecular weight is 285 g/mol. The first-order valence-electron chi connectivity index (χ1n) is 3.47. The van der Waals surface area contributed by atoms with Crippen molar-refractivity contribution in [2.75, 3.05) is 11.6 Å². The van der Waals surface area contributed by atoms with E-state index < -0.39 is 9.84 Å². The molecule has 0 aliphatic rings. The molecular formula is C7H7BrClNO2S. The Morgan fingerprint density at radius 2 is 2.23 bits per heavy atom. The van der Waals surface area contributed by atoms with Crippen LogP contribution in [0.3, 0.4) is 0 Å². The Bertz CT molecular complexity index is 393. The molecule has 0 amide bonds. The van der Waals surface area contributed by atoms with E-state index in [9.17, 15) is 8.42 Å². The van der Waals surface area contributed by atoms with Gasteiger partial charge in [-0.15, -0.1) is 11.6 Å². The van der Waals surface area contributed by atoms with Crippen LogP contribution < -0.4 is 0 Å². The second-order valence-corrected chi connectivity index (χ2v) is 5.55. The fraction of sp³-hybridized carbons (Fsp3) is 0.286. The predicted octanol–water partition coefficient (Wildman–Crippen LogP) is 1.86. The number of nitrogens with zero attached hydrogens (tertiary/aromatic N) is 1. The molecule has 1 aromatic heterocycles. The second-order valence-electron chi connectivity index (χ2n) is 2.30. The van der Waals surface area contributed by atoms with E-state index in [-0.39, 0.29) is 16.7 Å². The monoisotopic (exact) mass is 283 g/mol. The van der Waals surface area contributed by atoms with Crippen molar-refractivity contribution in [1.29, 1.82) is 0 Å². The highest BCUT2D eigenvalue weighted by molar-refractivity contribution is 9.10. The minimum absolute atomic E-state index is 0.0515. The summed E-state index contributed by atoms with van der Waals surface area (Å²) in [5.74, 6) is -0.0183. The van der Waals surface area contributed by atoms with Gasteiger partial charge >= 0.3 is 0 Å². The van der Waals surface area contributed by atoms with Crippen molar-refractivity contribution in [3.63, 3.8) is 0 Å². The van der Waals surface area contributed by atoms with Crippen LogP contribution in [-0.4, -0.2) is 25.0 Å². The number of halogens is 2. The molecule has 0 saturated carbocycles. The van der Waals surface area contributed by atoms with Gasteiger partial charge in [0.15, 0.2) is 14.9 Å². The second kappa shape index (κ2) is 4.39. The topological polar surface area (TPSA) is 47.0 Å². The van der Waals surface area contributed by atoms with Gasteiger partial charge in [0.1, 0.15) is 0 Å². The maximum Gasteiger partial charge on any atom is 0.197 e. The predicted molar refractivity (Wildman–Crippen MR) is 54.7 cm³/mol. The normalized spacial score (nSPS) is 11.5. The Hall–Kier alpha value is -0.130. The number of hydrogen-bond acceptors (Lipinski definition) is 3. The lowest BCUT2D eigenvalue weighted by molar-refractivity contribution is 0.593. The molecule has 0 radical (unpaired) electrons. The molecule has 0 aromatic carbocycles. The molecule has 0 spiro atoms. The summed E-state index contributed by atoms with van der Waals surface area (Å²) in [7, 11) is -3.33. The van der Waals surface area contributed by atoms with Gasteiger partial charge in [-0.2, -0.15) is 0 Å². The summed E-state index contributed by atoms with van der Waals surface area (Å²) in [6, 6.07) is 3.29. The molecule has 1 aromatic rings. The molecule has 72 valence electrons. The van der Waals surface area contributed by atoms with Crippen molar-refractivity contribution in [2.24, 2.45) is 0 Å². The molecule has 0 bridgehead atoms. The number of aromatic nitrogens is 1. The molecule has 0 aliphatic carbocycles. The third kappa shape index (κ3) is 2.65. The summed E-state index contributed by atoms with van der Waals surface area (Å²) in [6.07, 6.45) is 1.44. The van der Waals surface area contributed by atoms with Gasteiger partial charge in [0.25, 0.3) is 0 Å². The molecule has 6 heteroatoms. The fourth-order valence-electron chi connectivity index (χ4n) is 0.798. The first kappa shape index (κ1) is 10.9. The minimum Gasteiger partial charge on any atom is -0.244 e. The Labute approximate surface area is 90.2 Å². The maximum atomic E-state index is 11.5. The van der Waals surface area contributed by atoms with Crippen molar-refractivity contribution in [1.82, 2.24) is 4.98 Å². The maximum absolute atomic E-state index is 11.5. The van der Waals surface area contributed by atoms with Gasteiger partial charge < -0.3 is 0 Å². The van der Waals surface area contributed by atoms with Gasteiger partial charge in [-0.1, -0.05) is 0 Å². The lowest BCUT2D eigenvalue weighted by Crippen LogP contribution is -2.10. The molecule has 13 heavy (non-hydrogen) atoms. The van der Waals surface area contributed by atoms with E-state index in [2.05, 4.69) is 20.9 Å². The van der Waals surface area contributed by atoms with E-state index in [4.69, 9.17) is 11.6 Å². The number of sulfone groups is 1. The van der Waals surface area contributed by atoms with E-state index >= 15 is 0 Å². The molecule has 0 atom stereocenters. The van der Waals surface area contributed by atoms with Gasteiger partial charge in [-0.05, 0) is 28.1 Å². The molecule has 0 N–H and O–H groups in total. The van der Waals surface area contributed by atoms with Crippen LogP contribution in [0, 0.1) is 0 Å². The van der Waals surface area contributed by atoms with Crippen LogP contribution in [0.25, 0.3) is 0 Å². The summed E-state index contributed by atoms with van der Waals surface area (Å²) in [5.41, 5.74) is 0. The first-order valence-corrected chi connectivity index (χ1v) is 6.45. The van der Waals surface area contributed by atoms with E-state index in [0.29, 0.717) is 4.47 Å². The van der Waals surface area contributed by atoms with Gasteiger partial charge in [-0.3, -0.25) is 0 Å². The average Bonchev–Trinajstić information content (AvgIpc) is 2.04. The zero-order valence-corrected chi connectivity index (χ0v) is 9.73. The van der Waals surface area contributed by atoms with Crippen LogP contribution >= 0.6 is 27.5 Å². The molecule has 0 fully saturated rings. The van der Waals surface area contributed by atoms with Gasteiger partial charge in [0.2, 0.25) is 0 Å². The summed E-state index contributed by atoms with van der Waals surface area (Å²) < 4.78 is 23.4. The van der Waals surface area contributed by atoms with Crippen LogP contribution in [0.4, 0.5) is 0 Å². The molecule has 0 unspecified atom stereocenters. The van der Waals surface area contributed by atoms with Gasteiger partial charge in [0, 0.05) is 12.1 Å². The number of rotatable bonds is 3. The van der Waals surface area contributed by atoms with Crippen LogP contribution in [0.15, 0.2) is 27.8 Å². The SMILES string of the molecule is O=S(=O)(CCCl)c1ncccc1Br. The molecule has 1 heterocycles. The highest BCUT2D eigenvalue weighted by Crippen LogP contribution is 2.19. The van der Waals surface area contributed by atoms with Gasteiger partial charge in [-0.25, -0.2) is 13.4 Å². The zero-order valence-electron chi connectivity index (χ0n) is 6.57. The molecule has 3 nitrogen and oxygen atoms in total. The van der Waals surface area contributed by atoms with E-state index in [1.165, 1.54) is 6.20 Å².